The van der Waals surface area contributed by atoms with Gasteiger partial charge in [0.25, 0.3) is 0 Å². The van der Waals surface area contributed by atoms with E-state index in [2.05, 4.69) is 50.2 Å². The number of nitrogens with one attached hydrogen (secondary N) is 1. The topological polar surface area (TPSA) is 46.9 Å². The van der Waals surface area contributed by atoms with Crippen molar-refractivity contribution in [1.29, 1.82) is 0 Å². The second-order valence-corrected chi connectivity index (χ2v) is 5.78. The van der Waals surface area contributed by atoms with Crippen molar-refractivity contribution < 1.29 is 0 Å². The zero-order valence-corrected chi connectivity index (χ0v) is 13.4. The van der Waals surface area contributed by atoms with E-state index in [-0.39, 0.29) is 5.43 Å². The molecule has 1 aromatic heterocycles. The normalized spacial score (nSPS) is 11.1. The Hall–Kier alpha value is -1.94. The fourth-order valence-electron chi connectivity index (χ4n) is 2.37. The zero-order valence-electron chi connectivity index (χ0n) is 13.4. The Labute approximate surface area is 125 Å². The van der Waals surface area contributed by atoms with Crippen LogP contribution in [0.1, 0.15) is 36.4 Å². The van der Waals surface area contributed by atoms with Crippen LogP contribution in [0.4, 0.5) is 0 Å². The second-order valence-electron chi connectivity index (χ2n) is 5.78. The third-order valence-corrected chi connectivity index (χ3v) is 3.51. The molecule has 0 radical (unpaired) electrons. The number of aryl methyl sites for hydroxylation is 3. The van der Waals surface area contributed by atoms with Crippen molar-refractivity contribution in [3.8, 4) is 5.69 Å². The molecule has 0 unspecified atom stereocenters. The van der Waals surface area contributed by atoms with E-state index in [9.17, 15) is 4.79 Å². The molecule has 2 rings (SSSR count). The summed E-state index contributed by atoms with van der Waals surface area (Å²) in [7, 11) is 0. The smallest absolute Gasteiger partial charge is 0.204 e. The van der Waals surface area contributed by atoms with Crippen molar-refractivity contribution in [2.24, 2.45) is 0 Å². The van der Waals surface area contributed by atoms with Crippen LogP contribution in [-0.4, -0.2) is 15.8 Å². The minimum atomic E-state index is -0.0110. The summed E-state index contributed by atoms with van der Waals surface area (Å²) in [4.78, 5) is 12.1. The lowest BCUT2D eigenvalue weighted by molar-refractivity contribution is 0.568. The Morgan fingerprint density at radius 2 is 1.81 bits per heavy atom. The summed E-state index contributed by atoms with van der Waals surface area (Å²) in [6, 6.07) is 8.14. The fourth-order valence-corrected chi connectivity index (χ4v) is 2.37. The van der Waals surface area contributed by atoms with Crippen molar-refractivity contribution in [3.05, 3.63) is 57.0 Å². The predicted octanol–water partition coefficient (Wildman–Crippen LogP) is 2.66. The van der Waals surface area contributed by atoms with Gasteiger partial charge in [0.1, 0.15) is 5.69 Å². The molecule has 0 aliphatic carbocycles. The van der Waals surface area contributed by atoms with Crippen LogP contribution in [0.2, 0.25) is 0 Å². The summed E-state index contributed by atoms with van der Waals surface area (Å²) in [6.07, 6.45) is 0. The number of para-hydroxylation sites is 1. The highest BCUT2D eigenvalue weighted by atomic mass is 16.1. The summed E-state index contributed by atoms with van der Waals surface area (Å²) in [5.74, 6) is 0. The van der Waals surface area contributed by atoms with Crippen LogP contribution in [0.25, 0.3) is 5.69 Å². The van der Waals surface area contributed by atoms with E-state index >= 15 is 0 Å². The number of rotatable bonds is 4. The molecule has 0 saturated carbocycles. The third-order valence-electron chi connectivity index (χ3n) is 3.51. The first-order valence-corrected chi connectivity index (χ1v) is 7.30. The van der Waals surface area contributed by atoms with E-state index in [1.807, 2.05) is 17.7 Å². The number of nitrogens with zero attached hydrogens (tertiary/aromatic N) is 2. The van der Waals surface area contributed by atoms with Crippen LogP contribution >= 0.6 is 0 Å². The SMILES string of the molecule is Cc1cccc(C)c1-n1nc(CNC(C)C)c(=O)cc1C. The monoisotopic (exact) mass is 285 g/mol. The van der Waals surface area contributed by atoms with Crippen molar-refractivity contribution in [1.82, 2.24) is 15.1 Å². The molecule has 2 aromatic rings. The van der Waals surface area contributed by atoms with Crippen LogP contribution < -0.4 is 10.7 Å². The molecule has 0 fully saturated rings. The first kappa shape index (κ1) is 15.4. The Balaban J connectivity index is 2.54. The lowest BCUT2D eigenvalue weighted by atomic mass is 10.1. The lowest BCUT2D eigenvalue weighted by Crippen LogP contribution is -2.28. The van der Waals surface area contributed by atoms with Crippen LogP contribution in [-0.2, 0) is 6.54 Å². The maximum Gasteiger partial charge on any atom is 0.204 e. The maximum absolute atomic E-state index is 12.1. The van der Waals surface area contributed by atoms with Gasteiger partial charge in [-0.25, -0.2) is 4.68 Å². The van der Waals surface area contributed by atoms with E-state index < -0.39 is 0 Å². The quantitative estimate of drug-likeness (QED) is 0.939. The molecule has 1 heterocycles. The average molecular weight is 285 g/mol. The molecule has 112 valence electrons. The van der Waals surface area contributed by atoms with Gasteiger partial charge in [-0.2, -0.15) is 5.10 Å². The molecule has 4 nitrogen and oxygen atoms in total. The standard InChI is InChI=1S/C17H23N3O/c1-11(2)18-10-15-16(21)9-14(5)20(19-15)17-12(3)7-6-8-13(17)4/h6-9,11,18H,10H2,1-5H3. The van der Waals surface area contributed by atoms with E-state index in [4.69, 9.17) is 0 Å². The zero-order chi connectivity index (χ0) is 15.6. The molecular weight excluding hydrogens is 262 g/mol. The van der Waals surface area contributed by atoms with Crippen molar-refractivity contribution >= 4 is 0 Å². The van der Waals surface area contributed by atoms with Gasteiger partial charge in [0, 0.05) is 24.3 Å². The number of hydrogen-bond acceptors (Lipinski definition) is 3. The third kappa shape index (κ3) is 3.39. The summed E-state index contributed by atoms with van der Waals surface area (Å²) in [5.41, 5.74) is 4.75. The summed E-state index contributed by atoms with van der Waals surface area (Å²) in [6.45, 7) is 10.6. The van der Waals surface area contributed by atoms with Gasteiger partial charge >= 0.3 is 0 Å². The second kappa shape index (κ2) is 6.22. The van der Waals surface area contributed by atoms with Gasteiger partial charge in [0.15, 0.2) is 0 Å². The summed E-state index contributed by atoms with van der Waals surface area (Å²) < 4.78 is 1.88. The number of aromatic nitrogens is 2. The first-order chi connectivity index (χ1) is 9.90. The van der Waals surface area contributed by atoms with Gasteiger partial charge in [-0.1, -0.05) is 32.0 Å². The van der Waals surface area contributed by atoms with E-state index in [0.717, 1.165) is 22.5 Å². The number of hydrogen-bond donors (Lipinski definition) is 1. The molecule has 4 heteroatoms. The Bertz CT molecular complexity index is 681. The van der Waals surface area contributed by atoms with Gasteiger partial charge < -0.3 is 5.32 Å². The Morgan fingerprint density at radius 3 is 2.38 bits per heavy atom. The molecule has 1 N–H and O–H groups in total. The van der Waals surface area contributed by atoms with Gasteiger partial charge in [-0.15, -0.1) is 0 Å². The first-order valence-electron chi connectivity index (χ1n) is 7.30. The van der Waals surface area contributed by atoms with Gasteiger partial charge in [-0.3, -0.25) is 4.79 Å². The Kier molecular flexibility index (Phi) is 4.58. The largest absolute Gasteiger partial charge is 0.309 e. The van der Waals surface area contributed by atoms with E-state index in [0.29, 0.717) is 18.3 Å². The molecule has 0 aliphatic rings. The molecule has 0 bridgehead atoms. The highest BCUT2D eigenvalue weighted by Crippen LogP contribution is 2.18. The Morgan fingerprint density at radius 1 is 1.19 bits per heavy atom. The van der Waals surface area contributed by atoms with Crippen molar-refractivity contribution in [2.75, 3.05) is 0 Å². The maximum atomic E-state index is 12.1. The minimum Gasteiger partial charge on any atom is -0.309 e. The van der Waals surface area contributed by atoms with Gasteiger partial charge in [0.2, 0.25) is 5.43 Å². The van der Waals surface area contributed by atoms with Gasteiger partial charge in [-0.05, 0) is 31.9 Å². The molecule has 0 aliphatic heterocycles. The predicted molar refractivity (Wildman–Crippen MR) is 86.0 cm³/mol. The highest BCUT2D eigenvalue weighted by molar-refractivity contribution is 5.47. The molecule has 0 atom stereocenters. The number of benzene rings is 1. The van der Waals surface area contributed by atoms with E-state index in [1.54, 1.807) is 6.07 Å². The van der Waals surface area contributed by atoms with E-state index in [1.165, 1.54) is 0 Å². The van der Waals surface area contributed by atoms with Gasteiger partial charge in [0.05, 0.1) is 5.69 Å². The van der Waals surface area contributed by atoms with Crippen LogP contribution in [0.3, 0.4) is 0 Å². The minimum absolute atomic E-state index is 0.0110. The average Bonchev–Trinajstić information content (AvgIpc) is 2.39. The molecule has 0 saturated heterocycles. The van der Waals surface area contributed by atoms with Crippen LogP contribution in [0.5, 0.6) is 0 Å². The highest BCUT2D eigenvalue weighted by Gasteiger charge is 2.11. The lowest BCUT2D eigenvalue weighted by Gasteiger charge is -2.16. The molecule has 1 aromatic carbocycles. The van der Waals surface area contributed by atoms with Crippen LogP contribution in [0, 0.1) is 20.8 Å². The molecule has 0 amide bonds. The molecule has 0 spiro atoms. The summed E-state index contributed by atoms with van der Waals surface area (Å²) in [5, 5.41) is 7.83. The van der Waals surface area contributed by atoms with Crippen LogP contribution in [0.15, 0.2) is 29.1 Å². The van der Waals surface area contributed by atoms with Crippen molar-refractivity contribution in [3.63, 3.8) is 0 Å². The van der Waals surface area contributed by atoms with Crippen molar-refractivity contribution in [2.45, 2.75) is 47.2 Å². The fraction of sp³-hybridized carbons (Fsp3) is 0.412. The summed E-state index contributed by atoms with van der Waals surface area (Å²) >= 11 is 0. The molecular formula is C17H23N3O. The molecule has 21 heavy (non-hydrogen) atoms.